The fourth-order valence-corrected chi connectivity index (χ4v) is 5.40. The molecule has 2 aliphatic rings. The van der Waals surface area contributed by atoms with Gasteiger partial charge in [0.15, 0.2) is 0 Å². The summed E-state index contributed by atoms with van der Waals surface area (Å²) in [6.07, 6.45) is 3.20. The molecule has 0 bridgehead atoms. The topological polar surface area (TPSA) is 83.4 Å². The average Bonchev–Trinajstić information content (AvgIpc) is 3.36. The van der Waals surface area contributed by atoms with Crippen LogP contribution in [-0.2, 0) is 0 Å². The molecular weight excluding hydrogens is 464 g/mol. The quantitative estimate of drug-likeness (QED) is 0.466. The number of nitrogens with zero attached hydrogens (tertiary/aromatic N) is 5. The first-order chi connectivity index (χ1) is 17.0. The van der Waals surface area contributed by atoms with E-state index in [0.29, 0.717) is 40.8 Å². The van der Waals surface area contributed by atoms with Crippen molar-refractivity contribution in [1.29, 1.82) is 0 Å². The minimum atomic E-state index is -0.164. The van der Waals surface area contributed by atoms with Crippen LogP contribution in [0.25, 0.3) is 16.5 Å². The van der Waals surface area contributed by atoms with Gasteiger partial charge in [-0.2, -0.15) is 0 Å². The van der Waals surface area contributed by atoms with Crippen molar-refractivity contribution >= 4 is 39.9 Å². The molecule has 1 amide bonds. The Bertz CT molecular complexity index is 1520. The van der Waals surface area contributed by atoms with Gasteiger partial charge in [0, 0.05) is 25.0 Å². The van der Waals surface area contributed by atoms with E-state index in [9.17, 15) is 9.59 Å². The molecule has 0 unspecified atom stereocenters. The Hall–Kier alpha value is -3.91. The highest BCUT2D eigenvalue weighted by Gasteiger charge is 2.36. The molecule has 9 heteroatoms. The summed E-state index contributed by atoms with van der Waals surface area (Å²) in [5, 5.41) is 4.91. The molecule has 6 rings (SSSR count). The Labute approximate surface area is 206 Å². The number of fused-ring (bicyclic) bond motifs is 2. The fraction of sp³-hybridized carbons (Fsp3) is 0.231. The molecule has 1 saturated heterocycles. The first-order valence-electron chi connectivity index (χ1n) is 11.5. The maximum Gasteiger partial charge on any atom is 0.264 e. The molecule has 0 aliphatic carbocycles. The van der Waals surface area contributed by atoms with Gasteiger partial charge in [-0.1, -0.05) is 41.9 Å². The van der Waals surface area contributed by atoms with Crippen molar-refractivity contribution in [3.8, 4) is 5.69 Å². The van der Waals surface area contributed by atoms with Crippen LogP contribution in [-0.4, -0.2) is 45.6 Å². The van der Waals surface area contributed by atoms with E-state index in [1.807, 2.05) is 48.5 Å². The normalized spacial score (nSPS) is 17.5. The molecule has 2 aromatic heterocycles. The summed E-state index contributed by atoms with van der Waals surface area (Å²) in [5.74, 6) is 1.00. The molecule has 176 valence electrons. The Morgan fingerprint density at radius 1 is 1.06 bits per heavy atom. The zero-order valence-electron chi connectivity index (χ0n) is 19.1. The first-order valence-corrected chi connectivity index (χ1v) is 11.9. The van der Waals surface area contributed by atoms with Gasteiger partial charge in [0.1, 0.15) is 23.5 Å². The lowest BCUT2D eigenvalue weighted by Crippen LogP contribution is -2.39. The third-order valence-corrected chi connectivity index (χ3v) is 7.09. The SMILES string of the molecule is CN1CNc2ncnc(N3CCC[C@H]3c3cc4cccc(Cl)c4c(=O)n3-c3ccccc3)c2C1=O. The number of hydrogen-bond donors (Lipinski definition) is 1. The third-order valence-electron chi connectivity index (χ3n) is 6.78. The zero-order chi connectivity index (χ0) is 24.1. The summed E-state index contributed by atoms with van der Waals surface area (Å²) < 4.78 is 1.75. The third kappa shape index (κ3) is 3.44. The Morgan fingerprint density at radius 2 is 1.89 bits per heavy atom. The Balaban J connectivity index is 1.58. The van der Waals surface area contributed by atoms with Crippen molar-refractivity contribution in [3.05, 3.63) is 87.6 Å². The van der Waals surface area contributed by atoms with E-state index in [2.05, 4.69) is 20.2 Å². The fourth-order valence-electron chi connectivity index (χ4n) is 5.14. The molecule has 2 aromatic carbocycles. The average molecular weight is 487 g/mol. The summed E-state index contributed by atoms with van der Waals surface area (Å²) >= 11 is 6.48. The van der Waals surface area contributed by atoms with Gasteiger partial charge >= 0.3 is 0 Å². The van der Waals surface area contributed by atoms with Crippen LogP contribution in [0.4, 0.5) is 11.6 Å². The van der Waals surface area contributed by atoms with Gasteiger partial charge in [0.05, 0.1) is 23.1 Å². The lowest BCUT2D eigenvalue weighted by Gasteiger charge is -2.32. The van der Waals surface area contributed by atoms with Gasteiger partial charge in [-0.25, -0.2) is 9.97 Å². The number of benzene rings is 2. The van der Waals surface area contributed by atoms with Gasteiger partial charge in [-0.3, -0.25) is 14.2 Å². The van der Waals surface area contributed by atoms with Crippen LogP contribution in [0, 0.1) is 0 Å². The van der Waals surface area contributed by atoms with Crippen molar-refractivity contribution in [2.24, 2.45) is 0 Å². The molecule has 1 atom stereocenters. The van der Waals surface area contributed by atoms with E-state index in [0.717, 1.165) is 29.6 Å². The van der Waals surface area contributed by atoms with E-state index in [4.69, 9.17) is 11.6 Å². The summed E-state index contributed by atoms with van der Waals surface area (Å²) in [6, 6.07) is 17.0. The Morgan fingerprint density at radius 3 is 2.71 bits per heavy atom. The van der Waals surface area contributed by atoms with Crippen molar-refractivity contribution in [2.75, 3.05) is 30.5 Å². The lowest BCUT2D eigenvalue weighted by molar-refractivity contribution is 0.0796. The molecule has 1 fully saturated rings. The number of anilines is 2. The van der Waals surface area contributed by atoms with Gasteiger partial charge in [-0.05, 0) is 42.5 Å². The minimum absolute atomic E-state index is 0.120. The summed E-state index contributed by atoms with van der Waals surface area (Å²) in [5.41, 5.74) is 1.91. The predicted octanol–water partition coefficient (Wildman–Crippen LogP) is 4.23. The molecule has 1 N–H and O–H groups in total. The largest absolute Gasteiger partial charge is 0.352 e. The van der Waals surface area contributed by atoms with E-state index in [1.54, 1.807) is 22.6 Å². The van der Waals surface area contributed by atoms with Crippen LogP contribution >= 0.6 is 11.6 Å². The van der Waals surface area contributed by atoms with Crippen molar-refractivity contribution in [1.82, 2.24) is 19.4 Å². The second-order valence-electron chi connectivity index (χ2n) is 8.86. The van der Waals surface area contributed by atoms with Gasteiger partial charge < -0.3 is 15.1 Å². The van der Waals surface area contributed by atoms with Crippen LogP contribution in [0.1, 0.15) is 34.9 Å². The van der Waals surface area contributed by atoms with Gasteiger partial charge in [0.2, 0.25) is 0 Å². The van der Waals surface area contributed by atoms with Crippen LogP contribution in [0.5, 0.6) is 0 Å². The summed E-state index contributed by atoms with van der Waals surface area (Å²) in [6.45, 7) is 1.10. The van der Waals surface area contributed by atoms with E-state index < -0.39 is 0 Å². The summed E-state index contributed by atoms with van der Waals surface area (Å²) in [4.78, 5) is 39.6. The number of carbonyl (C=O) groups is 1. The summed E-state index contributed by atoms with van der Waals surface area (Å²) in [7, 11) is 1.75. The molecule has 0 saturated carbocycles. The highest BCUT2D eigenvalue weighted by atomic mass is 35.5. The number of para-hydroxylation sites is 1. The minimum Gasteiger partial charge on any atom is -0.352 e. The second kappa shape index (κ2) is 8.39. The van der Waals surface area contributed by atoms with Crippen LogP contribution < -0.4 is 15.8 Å². The number of halogens is 1. The van der Waals surface area contributed by atoms with Gasteiger partial charge in [0.25, 0.3) is 11.5 Å². The molecule has 8 nitrogen and oxygen atoms in total. The molecule has 0 spiro atoms. The standard InChI is InChI=1S/C26H23ClN6O2/c1-31-15-30-23-22(25(31)34)24(29-14-28-23)32-12-6-11-19(32)20-13-16-7-5-10-18(27)21(16)26(35)33(20)17-8-3-2-4-9-17/h2-5,7-10,13-14,19H,6,11-12,15H2,1H3,(H,28,29,30)/t19-/m0/s1. The highest BCUT2D eigenvalue weighted by molar-refractivity contribution is 6.35. The van der Waals surface area contributed by atoms with Crippen molar-refractivity contribution in [3.63, 3.8) is 0 Å². The molecule has 2 aliphatic heterocycles. The van der Waals surface area contributed by atoms with Crippen LogP contribution in [0.3, 0.4) is 0 Å². The number of carbonyl (C=O) groups excluding carboxylic acids is 1. The molecular formula is C26H23ClN6O2. The van der Waals surface area contributed by atoms with E-state index in [-0.39, 0.29) is 17.5 Å². The number of nitrogens with one attached hydrogen (secondary N) is 1. The second-order valence-corrected chi connectivity index (χ2v) is 9.27. The molecule has 4 aromatic rings. The highest BCUT2D eigenvalue weighted by Crippen LogP contribution is 2.40. The van der Waals surface area contributed by atoms with Crippen LogP contribution in [0.2, 0.25) is 5.02 Å². The zero-order valence-corrected chi connectivity index (χ0v) is 19.9. The maximum atomic E-state index is 13.9. The first kappa shape index (κ1) is 21.6. The number of rotatable bonds is 3. The number of hydrogen-bond acceptors (Lipinski definition) is 6. The lowest BCUT2D eigenvalue weighted by atomic mass is 10.0. The van der Waals surface area contributed by atoms with Crippen molar-refractivity contribution in [2.45, 2.75) is 18.9 Å². The Kier molecular flexibility index (Phi) is 5.18. The number of aromatic nitrogens is 3. The van der Waals surface area contributed by atoms with E-state index in [1.165, 1.54) is 6.33 Å². The molecule has 0 radical (unpaired) electrons. The van der Waals surface area contributed by atoms with Crippen molar-refractivity contribution < 1.29 is 4.79 Å². The number of amides is 1. The predicted molar refractivity (Wildman–Crippen MR) is 136 cm³/mol. The monoisotopic (exact) mass is 486 g/mol. The number of pyridine rings is 1. The molecule has 4 heterocycles. The smallest absolute Gasteiger partial charge is 0.264 e. The maximum absolute atomic E-state index is 13.9. The van der Waals surface area contributed by atoms with E-state index >= 15 is 0 Å². The van der Waals surface area contributed by atoms with Gasteiger partial charge in [-0.15, -0.1) is 0 Å². The molecule has 35 heavy (non-hydrogen) atoms. The van der Waals surface area contributed by atoms with Crippen LogP contribution in [0.15, 0.2) is 65.7 Å².